The second-order valence-corrected chi connectivity index (χ2v) is 5.04. The van der Waals surface area contributed by atoms with E-state index in [0.29, 0.717) is 21.6 Å². The third-order valence-electron chi connectivity index (χ3n) is 2.57. The number of hydrogen-bond donors (Lipinski definition) is 2. The number of amides is 1. The molecule has 0 atom stereocenters. The third kappa shape index (κ3) is 2.73. The first-order valence-corrected chi connectivity index (χ1v) is 6.47. The fraction of sp³-hybridized carbons (Fsp3) is 0.167. The van der Waals surface area contributed by atoms with Gasteiger partial charge in [-0.05, 0) is 35.0 Å². The molecule has 0 saturated heterocycles. The van der Waals surface area contributed by atoms with Gasteiger partial charge < -0.3 is 5.32 Å². The summed E-state index contributed by atoms with van der Waals surface area (Å²) in [6, 6.07) is 5.25. The molecular formula is C12H11BrClN3O. The lowest BCUT2D eigenvalue weighted by molar-refractivity contribution is 0.0951. The highest BCUT2D eigenvalue weighted by Crippen LogP contribution is 2.25. The van der Waals surface area contributed by atoms with Gasteiger partial charge in [0, 0.05) is 22.3 Å². The highest BCUT2D eigenvalue weighted by Gasteiger charge is 2.12. The number of H-pyrrole nitrogens is 1. The summed E-state index contributed by atoms with van der Waals surface area (Å²) in [5, 5.41) is 9.93. The van der Waals surface area contributed by atoms with Crippen LogP contribution in [-0.4, -0.2) is 16.1 Å². The van der Waals surface area contributed by atoms with Crippen molar-refractivity contribution in [3.63, 3.8) is 0 Å². The van der Waals surface area contributed by atoms with Crippen LogP contribution >= 0.6 is 27.5 Å². The van der Waals surface area contributed by atoms with E-state index in [9.17, 15) is 4.79 Å². The van der Waals surface area contributed by atoms with E-state index in [4.69, 9.17) is 11.6 Å². The zero-order valence-corrected chi connectivity index (χ0v) is 12.0. The molecule has 1 aromatic carbocycles. The lowest BCUT2D eigenvalue weighted by atomic mass is 10.2. The molecule has 0 spiro atoms. The Morgan fingerprint density at radius 2 is 2.33 bits per heavy atom. The lowest BCUT2D eigenvalue weighted by Gasteiger charge is -2.07. The topological polar surface area (TPSA) is 57.8 Å². The molecule has 0 unspecified atom stereocenters. The van der Waals surface area contributed by atoms with Gasteiger partial charge in [0.2, 0.25) is 0 Å². The zero-order chi connectivity index (χ0) is 13.1. The van der Waals surface area contributed by atoms with Crippen LogP contribution in [0.15, 0.2) is 28.9 Å². The van der Waals surface area contributed by atoms with E-state index >= 15 is 0 Å². The number of carbonyl (C=O) groups excluding carboxylic acids is 1. The number of aryl methyl sites for hydroxylation is 1. The van der Waals surface area contributed by atoms with E-state index in [2.05, 4.69) is 31.4 Å². The van der Waals surface area contributed by atoms with E-state index < -0.39 is 0 Å². The van der Waals surface area contributed by atoms with Crippen molar-refractivity contribution in [2.45, 2.75) is 13.5 Å². The zero-order valence-electron chi connectivity index (χ0n) is 9.63. The number of aromatic nitrogens is 2. The Kier molecular flexibility index (Phi) is 4.04. The molecule has 0 aliphatic carbocycles. The number of benzene rings is 1. The minimum absolute atomic E-state index is 0.207. The number of nitrogens with one attached hydrogen (secondary N) is 2. The summed E-state index contributed by atoms with van der Waals surface area (Å²) in [5.41, 5.74) is 2.34. The third-order valence-corrected chi connectivity index (χ3v) is 3.87. The van der Waals surface area contributed by atoms with Crippen molar-refractivity contribution < 1.29 is 4.79 Å². The van der Waals surface area contributed by atoms with E-state index in [1.165, 1.54) is 0 Å². The molecule has 0 saturated carbocycles. The van der Waals surface area contributed by atoms with Crippen molar-refractivity contribution in [1.29, 1.82) is 0 Å². The molecule has 2 N–H and O–H groups in total. The number of rotatable bonds is 3. The molecular weight excluding hydrogens is 318 g/mol. The highest BCUT2D eigenvalue weighted by molar-refractivity contribution is 9.10. The Morgan fingerprint density at radius 1 is 1.56 bits per heavy atom. The molecule has 0 radical (unpaired) electrons. The first-order valence-electron chi connectivity index (χ1n) is 5.30. The first kappa shape index (κ1) is 13.1. The van der Waals surface area contributed by atoms with Gasteiger partial charge in [0.1, 0.15) is 0 Å². The van der Waals surface area contributed by atoms with Crippen LogP contribution in [0.1, 0.15) is 21.6 Å². The highest BCUT2D eigenvalue weighted by atomic mass is 79.9. The monoisotopic (exact) mass is 327 g/mol. The fourth-order valence-corrected chi connectivity index (χ4v) is 2.08. The molecule has 0 aliphatic heterocycles. The minimum atomic E-state index is -0.207. The maximum Gasteiger partial charge on any atom is 0.253 e. The largest absolute Gasteiger partial charge is 0.348 e. The van der Waals surface area contributed by atoms with Crippen LogP contribution in [0.5, 0.6) is 0 Å². The number of nitrogens with zero attached hydrogens (tertiary/aromatic N) is 1. The average molecular weight is 329 g/mol. The summed E-state index contributed by atoms with van der Waals surface area (Å²) in [6.45, 7) is 2.32. The molecule has 0 aliphatic rings. The van der Waals surface area contributed by atoms with Gasteiger partial charge in [-0.2, -0.15) is 5.10 Å². The summed E-state index contributed by atoms with van der Waals surface area (Å²) in [5.74, 6) is -0.207. The lowest BCUT2D eigenvalue weighted by Crippen LogP contribution is -2.23. The van der Waals surface area contributed by atoms with Crippen LogP contribution in [-0.2, 0) is 6.54 Å². The number of hydrogen-bond acceptors (Lipinski definition) is 2. The summed E-state index contributed by atoms with van der Waals surface area (Å²) in [4.78, 5) is 12.0. The Bertz CT molecular complexity index is 582. The van der Waals surface area contributed by atoms with Crippen molar-refractivity contribution in [2.75, 3.05) is 0 Å². The summed E-state index contributed by atoms with van der Waals surface area (Å²) >= 11 is 9.34. The van der Waals surface area contributed by atoms with Gasteiger partial charge >= 0.3 is 0 Å². The summed E-state index contributed by atoms with van der Waals surface area (Å²) in [7, 11) is 0. The SMILES string of the molecule is Cc1[nH]ncc1CNC(=O)c1cccc(Br)c1Cl. The van der Waals surface area contributed by atoms with Crippen molar-refractivity contribution in [3.8, 4) is 0 Å². The second-order valence-electron chi connectivity index (χ2n) is 3.80. The Morgan fingerprint density at radius 3 is 3.00 bits per heavy atom. The van der Waals surface area contributed by atoms with E-state index in [-0.39, 0.29) is 5.91 Å². The van der Waals surface area contributed by atoms with Crippen LogP contribution in [0.25, 0.3) is 0 Å². The molecule has 0 fully saturated rings. The second kappa shape index (κ2) is 5.54. The molecule has 1 amide bonds. The summed E-state index contributed by atoms with van der Waals surface area (Å²) in [6.07, 6.45) is 1.69. The molecule has 94 valence electrons. The number of aromatic amines is 1. The molecule has 2 rings (SSSR count). The van der Waals surface area contributed by atoms with Crippen LogP contribution in [0.2, 0.25) is 5.02 Å². The maximum atomic E-state index is 12.0. The molecule has 2 aromatic rings. The smallest absolute Gasteiger partial charge is 0.253 e. The van der Waals surface area contributed by atoms with Gasteiger partial charge in [-0.15, -0.1) is 0 Å². The molecule has 18 heavy (non-hydrogen) atoms. The van der Waals surface area contributed by atoms with Gasteiger partial charge in [0.15, 0.2) is 0 Å². The minimum Gasteiger partial charge on any atom is -0.348 e. The van der Waals surface area contributed by atoms with Crippen molar-refractivity contribution >= 4 is 33.4 Å². The van der Waals surface area contributed by atoms with Crippen LogP contribution in [0, 0.1) is 6.92 Å². The van der Waals surface area contributed by atoms with Crippen molar-refractivity contribution in [1.82, 2.24) is 15.5 Å². The standard InChI is InChI=1S/C12H11BrClN3O/c1-7-8(6-16-17-7)5-15-12(18)9-3-2-4-10(13)11(9)14/h2-4,6H,5H2,1H3,(H,15,18)(H,16,17). The van der Waals surface area contributed by atoms with E-state index in [0.717, 1.165) is 11.3 Å². The van der Waals surface area contributed by atoms with Crippen LogP contribution < -0.4 is 5.32 Å². The number of halogens is 2. The van der Waals surface area contributed by atoms with Gasteiger partial charge in [-0.25, -0.2) is 0 Å². The predicted octanol–water partition coefficient (Wildman–Crippen LogP) is 3.06. The molecule has 6 heteroatoms. The van der Waals surface area contributed by atoms with Gasteiger partial charge in [-0.3, -0.25) is 9.89 Å². The Hall–Kier alpha value is -1.33. The predicted molar refractivity (Wildman–Crippen MR) is 73.6 cm³/mol. The fourth-order valence-electron chi connectivity index (χ4n) is 1.50. The van der Waals surface area contributed by atoms with Gasteiger partial charge in [0.25, 0.3) is 5.91 Å². The normalized spacial score (nSPS) is 10.4. The first-order chi connectivity index (χ1) is 8.59. The maximum absolute atomic E-state index is 12.0. The van der Waals surface area contributed by atoms with Gasteiger partial charge in [-0.1, -0.05) is 17.7 Å². The Labute approximate surface area is 118 Å². The van der Waals surface area contributed by atoms with E-state index in [1.807, 2.05) is 6.92 Å². The molecule has 1 heterocycles. The number of carbonyl (C=O) groups is 1. The molecule has 4 nitrogen and oxygen atoms in total. The average Bonchev–Trinajstić information content (AvgIpc) is 2.75. The molecule has 1 aromatic heterocycles. The Balaban J connectivity index is 2.09. The van der Waals surface area contributed by atoms with Gasteiger partial charge in [0.05, 0.1) is 16.8 Å². The van der Waals surface area contributed by atoms with Crippen molar-refractivity contribution in [3.05, 3.63) is 50.7 Å². The van der Waals surface area contributed by atoms with Crippen LogP contribution in [0.3, 0.4) is 0 Å². The quantitative estimate of drug-likeness (QED) is 0.910. The summed E-state index contributed by atoms with van der Waals surface area (Å²) < 4.78 is 0.705. The van der Waals surface area contributed by atoms with Crippen molar-refractivity contribution in [2.24, 2.45) is 0 Å². The molecule has 0 bridgehead atoms. The van der Waals surface area contributed by atoms with E-state index in [1.54, 1.807) is 24.4 Å². The van der Waals surface area contributed by atoms with Crippen LogP contribution in [0.4, 0.5) is 0 Å².